The van der Waals surface area contributed by atoms with Gasteiger partial charge in [-0.05, 0) is 43.3 Å². The van der Waals surface area contributed by atoms with Gasteiger partial charge in [-0.25, -0.2) is 0 Å². The monoisotopic (exact) mass is 287 g/mol. The highest BCUT2D eigenvalue weighted by Crippen LogP contribution is 2.19. The van der Waals surface area contributed by atoms with Gasteiger partial charge >= 0.3 is 0 Å². The maximum atomic E-state index is 10.6. The van der Waals surface area contributed by atoms with Crippen molar-refractivity contribution in [3.63, 3.8) is 0 Å². The molecule has 0 aliphatic carbocycles. The van der Waals surface area contributed by atoms with Gasteiger partial charge in [0.05, 0.1) is 10.6 Å². The van der Waals surface area contributed by atoms with Crippen molar-refractivity contribution in [1.82, 2.24) is 4.98 Å². The van der Waals surface area contributed by atoms with Gasteiger partial charge in [0.15, 0.2) is 0 Å². The average Bonchev–Trinajstić information content (AvgIpc) is 2.47. The van der Waals surface area contributed by atoms with Crippen LogP contribution in [0.5, 0.6) is 5.75 Å². The van der Waals surface area contributed by atoms with E-state index in [0.29, 0.717) is 25.3 Å². The standard InChI is InChI=1S/C15H17N3O3/c1-11-2-7-15(14(17-11)8-9-16)21-10-12-3-5-13(6-4-12)18(19)20/h2-7H,8-10,16H2,1H3. The summed E-state index contributed by atoms with van der Waals surface area (Å²) < 4.78 is 5.74. The molecule has 2 aromatic rings. The topological polar surface area (TPSA) is 91.3 Å². The first-order chi connectivity index (χ1) is 10.1. The fraction of sp³-hybridized carbons (Fsp3) is 0.267. The molecule has 1 heterocycles. The lowest BCUT2D eigenvalue weighted by Crippen LogP contribution is -2.08. The van der Waals surface area contributed by atoms with Crippen molar-refractivity contribution in [3.05, 3.63) is 63.5 Å². The van der Waals surface area contributed by atoms with Crippen LogP contribution in [0.4, 0.5) is 5.69 Å². The molecule has 0 aliphatic heterocycles. The van der Waals surface area contributed by atoms with Gasteiger partial charge in [0.2, 0.25) is 0 Å². The van der Waals surface area contributed by atoms with Crippen LogP contribution in [0.3, 0.4) is 0 Å². The zero-order valence-corrected chi connectivity index (χ0v) is 11.8. The van der Waals surface area contributed by atoms with E-state index in [9.17, 15) is 10.1 Å². The van der Waals surface area contributed by atoms with Gasteiger partial charge < -0.3 is 10.5 Å². The average molecular weight is 287 g/mol. The van der Waals surface area contributed by atoms with Gasteiger partial charge in [0, 0.05) is 24.2 Å². The molecule has 0 saturated heterocycles. The lowest BCUT2D eigenvalue weighted by molar-refractivity contribution is -0.384. The van der Waals surface area contributed by atoms with Crippen LogP contribution in [0.2, 0.25) is 0 Å². The van der Waals surface area contributed by atoms with Crippen LogP contribution in [0.1, 0.15) is 17.0 Å². The van der Waals surface area contributed by atoms with E-state index < -0.39 is 4.92 Å². The molecule has 0 radical (unpaired) electrons. The second-order valence-corrected chi connectivity index (χ2v) is 4.65. The Kier molecular flexibility index (Phi) is 4.84. The second-order valence-electron chi connectivity index (χ2n) is 4.65. The summed E-state index contributed by atoms with van der Waals surface area (Å²) >= 11 is 0. The predicted octanol–water partition coefficient (Wildman–Crippen LogP) is 2.38. The molecule has 0 spiro atoms. The van der Waals surface area contributed by atoms with Gasteiger partial charge in [-0.3, -0.25) is 15.1 Å². The van der Waals surface area contributed by atoms with Crippen molar-refractivity contribution < 1.29 is 9.66 Å². The number of benzene rings is 1. The highest BCUT2D eigenvalue weighted by Gasteiger charge is 2.07. The van der Waals surface area contributed by atoms with Crippen LogP contribution in [-0.4, -0.2) is 16.5 Å². The van der Waals surface area contributed by atoms with Crippen molar-refractivity contribution >= 4 is 5.69 Å². The molecule has 0 fully saturated rings. The maximum Gasteiger partial charge on any atom is 0.269 e. The number of pyridine rings is 1. The molecule has 2 N–H and O–H groups in total. The van der Waals surface area contributed by atoms with Crippen molar-refractivity contribution in [1.29, 1.82) is 0 Å². The van der Waals surface area contributed by atoms with E-state index in [1.807, 2.05) is 19.1 Å². The summed E-state index contributed by atoms with van der Waals surface area (Å²) in [4.78, 5) is 14.6. The Morgan fingerprint density at radius 3 is 2.57 bits per heavy atom. The number of hydrogen-bond acceptors (Lipinski definition) is 5. The number of hydrogen-bond donors (Lipinski definition) is 1. The Balaban J connectivity index is 2.07. The number of nitro groups is 1. The molecule has 0 amide bonds. The summed E-state index contributed by atoms with van der Waals surface area (Å²) in [6.45, 7) is 2.75. The number of rotatable bonds is 6. The van der Waals surface area contributed by atoms with E-state index in [-0.39, 0.29) is 5.69 Å². The number of aryl methyl sites for hydroxylation is 1. The van der Waals surface area contributed by atoms with Crippen molar-refractivity contribution in [3.8, 4) is 5.75 Å². The predicted molar refractivity (Wildman–Crippen MR) is 79.2 cm³/mol. The van der Waals surface area contributed by atoms with Crippen molar-refractivity contribution in [2.45, 2.75) is 20.0 Å². The highest BCUT2D eigenvalue weighted by molar-refractivity contribution is 5.34. The van der Waals surface area contributed by atoms with Crippen molar-refractivity contribution in [2.75, 3.05) is 6.54 Å². The Morgan fingerprint density at radius 2 is 1.95 bits per heavy atom. The Labute approximate surface area is 122 Å². The molecule has 2 rings (SSSR count). The molecule has 0 atom stereocenters. The van der Waals surface area contributed by atoms with Crippen LogP contribution in [0.15, 0.2) is 36.4 Å². The normalized spacial score (nSPS) is 10.4. The summed E-state index contributed by atoms with van der Waals surface area (Å²) in [5, 5.41) is 10.6. The summed E-state index contributed by atoms with van der Waals surface area (Å²) in [5.74, 6) is 0.699. The molecule has 0 bridgehead atoms. The summed E-state index contributed by atoms with van der Waals surface area (Å²) in [5.41, 5.74) is 8.25. The van der Waals surface area contributed by atoms with Crippen LogP contribution in [-0.2, 0) is 13.0 Å². The first-order valence-electron chi connectivity index (χ1n) is 6.63. The fourth-order valence-corrected chi connectivity index (χ4v) is 1.92. The summed E-state index contributed by atoms with van der Waals surface area (Å²) in [6, 6.07) is 10.0. The molecule has 1 aromatic carbocycles. The molecule has 1 aromatic heterocycles. The number of nitro benzene ring substituents is 1. The fourth-order valence-electron chi connectivity index (χ4n) is 1.92. The molecular weight excluding hydrogens is 270 g/mol. The molecule has 0 aliphatic rings. The van der Waals surface area contributed by atoms with E-state index in [0.717, 1.165) is 17.0 Å². The van der Waals surface area contributed by atoms with E-state index in [1.54, 1.807) is 12.1 Å². The zero-order valence-electron chi connectivity index (χ0n) is 11.8. The van der Waals surface area contributed by atoms with E-state index in [1.165, 1.54) is 12.1 Å². The van der Waals surface area contributed by atoms with E-state index in [4.69, 9.17) is 10.5 Å². The minimum atomic E-state index is -0.423. The number of aromatic nitrogens is 1. The third-order valence-electron chi connectivity index (χ3n) is 2.99. The number of non-ortho nitro benzene ring substituents is 1. The minimum Gasteiger partial charge on any atom is -0.487 e. The zero-order chi connectivity index (χ0) is 15.2. The lowest BCUT2D eigenvalue weighted by atomic mass is 10.2. The molecule has 0 unspecified atom stereocenters. The first kappa shape index (κ1) is 14.9. The molecule has 6 heteroatoms. The van der Waals surface area contributed by atoms with Gasteiger partial charge in [-0.1, -0.05) is 0 Å². The van der Waals surface area contributed by atoms with E-state index >= 15 is 0 Å². The molecule has 110 valence electrons. The quantitative estimate of drug-likeness (QED) is 0.650. The lowest BCUT2D eigenvalue weighted by Gasteiger charge is -2.11. The number of nitrogens with zero attached hydrogens (tertiary/aromatic N) is 2. The summed E-state index contributed by atoms with van der Waals surface area (Å²) in [6.07, 6.45) is 0.650. The van der Waals surface area contributed by atoms with Crippen LogP contribution in [0, 0.1) is 17.0 Å². The first-order valence-corrected chi connectivity index (χ1v) is 6.63. The Bertz CT molecular complexity index is 627. The van der Waals surface area contributed by atoms with Crippen molar-refractivity contribution in [2.24, 2.45) is 5.73 Å². The molecule has 21 heavy (non-hydrogen) atoms. The largest absolute Gasteiger partial charge is 0.487 e. The van der Waals surface area contributed by atoms with Gasteiger partial charge in [-0.15, -0.1) is 0 Å². The third-order valence-corrected chi connectivity index (χ3v) is 2.99. The maximum absolute atomic E-state index is 10.6. The summed E-state index contributed by atoms with van der Waals surface area (Å²) in [7, 11) is 0. The van der Waals surface area contributed by atoms with Gasteiger partial charge in [0.25, 0.3) is 5.69 Å². The SMILES string of the molecule is Cc1ccc(OCc2ccc([N+](=O)[O-])cc2)c(CCN)n1. The second kappa shape index (κ2) is 6.81. The third kappa shape index (κ3) is 4.00. The highest BCUT2D eigenvalue weighted by atomic mass is 16.6. The minimum absolute atomic E-state index is 0.0690. The molecule has 0 saturated carbocycles. The van der Waals surface area contributed by atoms with Crippen LogP contribution in [0.25, 0.3) is 0 Å². The van der Waals surface area contributed by atoms with Crippen LogP contribution < -0.4 is 10.5 Å². The number of ether oxygens (including phenoxy) is 1. The molecular formula is C15H17N3O3. The van der Waals surface area contributed by atoms with Crippen LogP contribution >= 0.6 is 0 Å². The molecule has 6 nitrogen and oxygen atoms in total. The van der Waals surface area contributed by atoms with Gasteiger partial charge in [0.1, 0.15) is 12.4 Å². The van der Waals surface area contributed by atoms with Gasteiger partial charge in [-0.2, -0.15) is 0 Å². The Morgan fingerprint density at radius 1 is 1.24 bits per heavy atom. The number of nitrogens with two attached hydrogens (primary N) is 1. The smallest absolute Gasteiger partial charge is 0.269 e. The van der Waals surface area contributed by atoms with E-state index in [2.05, 4.69) is 4.98 Å². The Hall–Kier alpha value is -2.47.